The van der Waals surface area contributed by atoms with E-state index in [1.54, 1.807) is 6.07 Å². The molecule has 2 aromatic carbocycles. The summed E-state index contributed by atoms with van der Waals surface area (Å²) in [6, 6.07) is 20.2. The molecule has 2 N–H and O–H groups in total. The number of hydrogen-bond donors (Lipinski definition) is 2. The molecule has 2 aliphatic heterocycles. The van der Waals surface area contributed by atoms with Gasteiger partial charge in [0.05, 0.1) is 39.1 Å². The van der Waals surface area contributed by atoms with Crippen LogP contribution in [0.4, 0.5) is 0 Å². The molecule has 3 heterocycles. The summed E-state index contributed by atoms with van der Waals surface area (Å²) < 4.78 is 23.8. The molecule has 0 amide bonds. The van der Waals surface area contributed by atoms with Gasteiger partial charge in [0, 0.05) is 37.5 Å². The van der Waals surface area contributed by atoms with Gasteiger partial charge in [-0.05, 0) is 35.4 Å². The second kappa shape index (κ2) is 9.73. The van der Waals surface area contributed by atoms with E-state index in [4.69, 9.17) is 18.9 Å². The largest absolute Gasteiger partial charge is 0.481 e. The van der Waals surface area contributed by atoms with Crippen LogP contribution in [0.1, 0.15) is 46.9 Å². The number of aliphatic hydroxyl groups excluding tert-OH is 1. The molecule has 1 aromatic heterocycles. The fraction of sp³-hybridized carbons (Fsp3) is 0.469. The van der Waals surface area contributed by atoms with Crippen LogP contribution in [0, 0.1) is 5.92 Å². The Morgan fingerprint density at radius 1 is 0.975 bits per heavy atom. The summed E-state index contributed by atoms with van der Waals surface area (Å²) in [4.78, 5) is 6.82. The maximum absolute atomic E-state index is 13.1. The van der Waals surface area contributed by atoms with Crippen molar-refractivity contribution in [1.82, 2.24) is 9.88 Å². The second-order valence-corrected chi connectivity index (χ2v) is 11.5. The van der Waals surface area contributed by atoms with E-state index >= 15 is 0 Å². The molecule has 8 heteroatoms. The number of rotatable bonds is 7. The Kier molecular flexibility index (Phi) is 6.27. The van der Waals surface area contributed by atoms with E-state index in [0.29, 0.717) is 42.9 Å². The minimum Gasteiger partial charge on any atom is -0.481 e. The van der Waals surface area contributed by atoms with Crippen LogP contribution in [0.25, 0.3) is 0 Å². The van der Waals surface area contributed by atoms with E-state index in [1.165, 1.54) is 32.6 Å². The molecular formula is C32H36N2O6. The average molecular weight is 545 g/mol. The Morgan fingerprint density at radius 2 is 1.70 bits per heavy atom. The van der Waals surface area contributed by atoms with E-state index < -0.39 is 17.3 Å². The molecule has 7 rings (SSSR count). The van der Waals surface area contributed by atoms with Crippen molar-refractivity contribution in [3.8, 4) is 17.5 Å². The topological polar surface area (TPSA) is 93.5 Å². The molecule has 1 saturated heterocycles. The van der Waals surface area contributed by atoms with Crippen LogP contribution in [0.3, 0.4) is 0 Å². The molecule has 2 saturated carbocycles. The minimum absolute atomic E-state index is 0.186. The number of benzene rings is 2. The van der Waals surface area contributed by atoms with Gasteiger partial charge in [0.15, 0.2) is 11.2 Å². The fourth-order valence-corrected chi connectivity index (χ4v) is 7.37. The van der Waals surface area contributed by atoms with Gasteiger partial charge >= 0.3 is 0 Å². The molecule has 210 valence electrons. The van der Waals surface area contributed by atoms with Crippen molar-refractivity contribution < 1.29 is 29.2 Å². The normalized spacial score (nSPS) is 31.4. The molecule has 0 spiro atoms. The zero-order valence-electron chi connectivity index (χ0n) is 23.0. The molecule has 2 aliphatic carbocycles. The number of methoxy groups -OCH3 is 2. The highest BCUT2D eigenvalue weighted by Crippen LogP contribution is 2.70. The quantitative estimate of drug-likeness (QED) is 0.467. The van der Waals surface area contributed by atoms with Crippen molar-refractivity contribution in [1.29, 1.82) is 0 Å². The summed E-state index contributed by atoms with van der Waals surface area (Å²) in [7, 11) is 3.04. The standard InChI is InChI=1S/C32H36N2O6/c1-37-26-18-25-28(30(33-26)38-2)31(36)29(35)24(19-34-14-16-39-17-15-34)27(22-6-4-3-5-7-22)32(31,40-25)23-12-10-21(11-13-23)20-8-9-20/h3-7,10-13,18,20,24,27,29,35-36H,8-9,14-17,19H2,1-2H3/t24-,27-,29-,31+,32+/m1/s1. The predicted octanol–water partition coefficient (Wildman–Crippen LogP) is 3.56. The molecule has 0 radical (unpaired) electrons. The van der Waals surface area contributed by atoms with Gasteiger partial charge in [0.25, 0.3) is 0 Å². The van der Waals surface area contributed by atoms with E-state index in [9.17, 15) is 10.2 Å². The van der Waals surface area contributed by atoms with Gasteiger partial charge in [0.1, 0.15) is 5.75 Å². The van der Waals surface area contributed by atoms with Crippen LogP contribution in [0.2, 0.25) is 0 Å². The first kappa shape index (κ1) is 25.8. The van der Waals surface area contributed by atoms with Crippen LogP contribution in [0.15, 0.2) is 60.7 Å². The molecular weight excluding hydrogens is 508 g/mol. The van der Waals surface area contributed by atoms with E-state index in [2.05, 4.69) is 46.3 Å². The van der Waals surface area contributed by atoms with Crippen molar-refractivity contribution in [2.24, 2.45) is 5.92 Å². The first-order valence-electron chi connectivity index (χ1n) is 14.2. The number of aliphatic hydroxyl groups is 2. The van der Waals surface area contributed by atoms with Crippen LogP contribution in [-0.2, 0) is 15.9 Å². The van der Waals surface area contributed by atoms with Crippen LogP contribution < -0.4 is 14.2 Å². The number of fused-ring (bicyclic) bond motifs is 3. The number of pyridine rings is 1. The third-order valence-corrected chi connectivity index (χ3v) is 9.37. The summed E-state index contributed by atoms with van der Waals surface area (Å²) in [6.45, 7) is 3.41. The zero-order chi connectivity index (χ0) is 27.5. The molecule has 8 nitrogen and oxygen atoms in total. The molecule has 4 aliphatic rings. The SMILES string of the molecule is COc1cc2c(c(OC)n1)[C@]1(O)[C@H](O)[C@H](CN3CCOCC3)[C@@H](c3ccccc3)[C@]1(c1ccc(C3CC3)cc1)O2. The van der Waals surface area contributed by atoms with E-state index in [1.807, 2.05) is 18.2 Å². The number of morpholine rings is 1. The first-order chi connectivity index (χ1) is 19.5. The number of hydrogen-bond acceptors (Lipinski definition) is 8. The highest BCUT2D eigenvalue weighted by Gasteiger charge is 2.77. The Balaban J connectivity index is 1.47. The molecule has 0 unspecified atom stereocenters. The second-order valence-electron chi connectivity index (χ2n) is 11.5. The van der Waals surface area contributed by atoms with Crippen molar-refractivity contribution in [2.75, 3.05) is 47.1 Å². The summed E-state index contributed by atoms with van der Waals surface area (Å²) >= 11 is 0. The molecule has 0 bridgehead atoms. The lowest BCUT2D eigenvalue weighted by Gasteiger charge is -2.41. The van der Waals surface area contributed by atoms with Crippen LogP contribution >= 0.6 is 0 Å². The van der Waals surface area contributed by atoms with E-state index in [-0.39, 0.29) is 17.7 Å². The van der Waals surface area contributed by atoms with Gasteiger partial charge in [-0.25, -0.2) is 0 Å². The summed E-state index contributed by atoms with van der Waals surface area (Å²) in [6.07, 6.45) is 1.23. The van der Waals surface area contributed by atoms with Gasteiger partial charge < -0.3 is 29.2 Å². The van der Waals surface area contributed by atoms with Crippen molar-refractivity contribution in [3.63, 3.8) is 0 Å². The van der Waals surface area contributed by atoms with Crippen molar-refractivity contribution in [2.45, 2.75) is 42.0 Å². The smallest absolute Gasteiger partial charge is 0.226 e. The monoisotopic (exact) mass is 544 g/mol. The first-order valence-corrected chi connectivity index (χ1v) is 14.2. The number of ether oxygens (including phenoxy) is 4. The van der Waals surface area contributed by atoms with Gasteiger partial charge in [-0.2, -0.15) is 4.98 Å². The third kappa shape index (κ3) is 3.70. The lowest BCUT2D eigenvalue weighted by atomic mass is 9.70. The lowest BCUT2D eigenvalue weighted by Crippen LogP contribution is -2.52. The molecule has 3 fully saturated rings. The van der Waals surface area contributed by atoms with Gasteiger partial charge in [-0.15, -0.1) is 0 Å². The summed E-state index contributed by atoms with van der Waals surface area (Å²) in [5.41, 5.74) is 0.282. The highest BCUT2D eigenvalue weighted by atomic mass is 16.5. The maximum Gasteiger partial charge on any atom is 0.226 e. The zero-order valence-corrected chi connectivity index (χ0v) is 23.0. The number of aromatic nitrogens is 1. The summed E-state index contributed by atoms with van der Waals surface area (Å²) in [5.74, 6) is 0.760. The fourth-order valence-electron chi connectivity index (χ4n) is 7.37. The van der Waals surface area contributed by atoms with Crippen LogP contribution in [0.5, 0.6) is 17.5 Å². The Morgan fingerprint density at radius 3 is 2.35 bits per heavy atom. The highest BCUT2D eigenvalue weighted by molar-refractivity contribution is 5.60. The minimum atomic E-state index is -1.84. The Labute approximate surface area is 234 Å². The molecule has 3 aromatic rings. The predicted molar refractivity (Wildman–Crippen MR) is 148 cm³/mol. The van der Waals surface area contributed by atoms with E-state index in [0.717, 1.165) is 24.2 Å². The van der Waals surface area contributed by atoms with Gasteiger partial charge in [-0.3, -0.25) is 4.90 Å². The summed E-state index contributed by atoms with van der Waals surface area (Å²) in [5, 5.41) is 25.4. The average Bonchev–Trinajstić information content (AvgIpc) is 3.79. The van der Waals surface area contributed by atoms with Crippen molar-refractivity contribution in [3.05, 3.63) is 82.9 Å². The van der Waals surface area contributed by atoms with Gasteiger partial charge in [0.2, 0.25) is 11.8 Å². The molecule has 5 atom stereocenters. The lowest BCUT2D eigenvalue weighted by molar-refractivity contribution is -0.152. The maximum atomic E-state index is 13.1. The third-order valence-electron chi connectivity index (χ3n) is 9.37. The molecule has 40 heavy (non-hydrogen) atoms. The van der Waals surface area contributed by atoms with Crippen LogP contribution in [-0.4, -0.2) is 73.3 Å². The Bertz CT molecular complexity index is 1370. The van der Waals surface area contributed by atoms with Crippen molar-refractivity contribution >= 4 is 0 Å². The Hall–Kier alpha value is -3.17. The number of nitrogens with zero attached hydrogens (tertiary/aromatic N) is 2. The van der Waals surface area contributed by atoms with Gasteiger partial charge in [-0.1, -0.05) is 54.6 Å².